The molecule has 0 amide bonds. The SMILES string of the molecule is CCCCCCCCCCN1CCc2ccc(N)cc21. The van der Waals surface area contributed by atoms with Crippen LogP contribution < -0.4 is 10.6 Å². The van der Waals surface area contributed by atoms with E-state index in [1.54, 1.807) is 0 Å². The van der Waals surface area contributed by atoms with E-state index >= 15 is 0 Å². The third-order valence-electron chi connectivity index (χ3n) is 4.38. The molecular weight excluding hydrogens is 244 g/mol. The number of anilines is 2. The molecule has 0 spiro atoms. The molecule has 0 unspecified atom stereocenters. The van der Waals surface area contributed by atoms with Crippen molar-refractivity contribution in [1.29, 1.82) is 0 Å². The van der Waals surface area contributed by atoms with Crippen molar-refractivity contribution in [2.75, 3.05) is 23.7 Å². The van der Waals surface area contributed by atoms with Gasteiger partial charge in [-0.15, -0.1) is 0 Å². The minimum Gasteiger partial charge on any atom is -0.399 e. The Kier molecular flexibility index (Phi) is 6.23. The van der Waals surface area contributed by atoms with Crippen LogP contribution in [0.5, 0.6) is 0 Å². The van der Waals surface area contributed by atoms with Crippen molar-refractivity contribution in [2.45, 2.75) is 64.7 Å². The van der Waals surface area contributed by atoms with Gasteiger partial charge in [-0.05, 0) is 30.5 Å². The summed E-state index contributed by atoms with van der Waals surface area (Å²) in [6, 6.07) is 6.37. The molecule has 0 aliphatic carbocycles. The maximum absolute atomic E-state index is 5.90. The van der Waals surface area contributed by atoms with Gasteiger partial charge >= 0.3 is 0 Å². The van der Waals surface area contributed by atoms with Crippen LogP contribution in [-0.2, 0) is 6.42 Å². The van der Waals surface area contributed by atoms with Crippen LogP contribution in [0.4, 0.5) is 11.4 Å². The third-order valence-corrected chi connectivity index (χ3v) is 4.38. The van der Waals surface area contributed by atoms with E-state index in [1.165, 1.54) is 82.1 Å². The topological polar surface area (TPSA) is 29.3 Å². The van der Waals surface area contributed by atoms with E-state index in [0.717, 1.165) is 5.69 Å². The second-order valence-electron chi connectivity index (χ2n) is 6.10. The van der Waals surface area contributed by atoms with E-state index in [-0.39, 0.29) is 0 Å². The monoisotopic (exact) mass is 274 g/mol. The molecule has 112 valence electrons. The fourth-order valence-corrected chi connectivity index (χ4v) is 3.13. The first kappa shape index (κ1) is 15.2. The van der Waals surface area contributed by atoms with Crippen molar-refractivity contribution in [3.8, 4) is 0 Å². The summed E-state index contributed by atoms with van der Waals surface area (Å²) in [5, 5.41) is 0. The molecule has 1 aromatic rings. The first-order valence-electron chi connectivity index (χ1n) is 8.44. The Labute approximate surface area is 124 Å². The summed E-state index contributed by atoms with van der Waals surface area (Å²) in [6.45, 7) is 4.65. The van der Waals surface area contributed by atoms with Crippen molar-refractivity contribution in [2.24, 2.45) is 0 Å². The molecule has 1 aliphatic rings. The second kappa shape index (κ2) is 8.18. The van der Waals surface area contributed by atoms with Gasteiger partial charge in [-0.1, -0.05) is 57.9 Å². The van der Waals surface area contributed by atoms with Crippen molar-refractivity contribution in [1.82, 2.24) is 0 Å². The van der Waals surface area contributed by atoms with E-state index in [1.807, 2.05) is 6.07 Å². The molecule has 1 aliphatic heterocycles. The molecule has 0 saturated carbocycles. The quantitative estimate of drug-likeness (QED) is 0.519. The van der Waals surface area contributed by atoms with Gasteiger partial charge in [0.25, 0.3) is 0 Å². The first-order valence-corrected chi connectivity index (χ1v) is 8.44. The summed E-state index contributed by atoms with van der Waals surface area (Å²) < 4.78 is 0. The Morgan fingerprint density at radius 1 is 1.00 bits per heavy atom. The number of unbranched alkanes of at least 4 members (excludes halogenated alkanes) is 7. The first-order chi connectivity index (χ1) is 9.81. The van der Waals surface area contributed by atoms with Crippen molar-refractivity contribution in [3.05, 3.63) is 23.8 Å². The molecule has 1 heterocycles. The number of nitrogen functional groups attached to an aromatic ring is 1. The molecule has 0 aromatic heterocycles. The van der Waals surface area contributed by atoms with Gasteiger partial charge in [-0.3, -0.25) is 0 Å². The van der Waals surface area contributed by atoms with Gasteiger partial charge < -0.3 is 10.6 Å². The lowest BCUT2D eigenvalue weighted by Gasteiger charge is -2.19. The van der Waals surface area contributed by atoms with Gasteiger partial charge in [0.1, 0.15) is 0 Å². The lowest BCUT2D eigenvalue weighted by atomic mass is 10.1. The van der Waals surface area contributed by atoms with Gasteiger partial charge in [-0.2, -0.15) is 0 Å². The van der Waals surface area contributed by atoms with Crippen LogP contribution in [-0.4, -0.2) is 13.1 Å². The number of benzene rings is 1. The molecule has 0 atom stereocenters. The Morgan fingerprint density at radius 2 is 1.70 bits per heavy atom. The molecule has 20 heavy (non-hydrogen) atoms. The predicted octanol–water partition coefficient (Wildman–Crippen LogP) is 4.77. The molecule has 0 radical (unpaired) electrons. The van der Waals surface area contributed by atoms with E-state index in [0.29, 0.717) is 0 Å². The Balaban J connectivity index is 1.61. The average molecular weight is 274 g/mol. The van der Waals surface area contributed by atoms with Gasteiger partial charge in [0.2, 0.25) is 0 Å². The third kappa shape index (κ3) is 4.43. The van der Waals surface area contributed by atoms with Crippen molar-refractivity contribution in [3.63, 3.8) is 0 Å². The lowest BCUT2D eigenvalue weighted by molar-refractivity contribution is 0.573. The summed E-state index contributed by atoms with van der Waals surface area (Å²) in [5.41, 5.74) is 9.65. The zero-order chi connectivity index (χ0) is 14.2. The molecule has 2 rings (SSSR count). The highest BCUT2D eigenvalue weighted by atomic mass is 15.1. The normalized spacial score (nSPS) is 13.8. The number of hydrogen-bond acceptors (Lipinski definition) is 2. The minimum atomic E-state index is 0.895. The molecular formula is C18H30N2. The molecule has 0 bridgehead atoms. The van der Waals surface area contributed by atoms with Crippen LogP contribution in [0.2, 0.25) is 0 Å². The second-order valence-corrected chi connectivity index (χ2v) is 6.10. The summed E-state index contributed by atoms with van der Waals surface area (Å²) in [5.74, 6) is 0. The summed E-state index contributed by atoms with van der Waals surface area (Å²) in [7, 11) is 0. The van der Waals surface area contributed by atoms with E-state index in [9.17, 15) is 0 Å². The molecule has 2 heteroatoms. The van der Waals surface area contributed by atoms with E-state index < -0.39 is 0 Å². The van der Waals surface area contributed by atoms with Crippen LogP contribution in [0.1, 0.15) is 63.9 Å². The maximum Gasteiger partial charge on any atom is 0.0420 e. The average Bonchev–Trinajstić information content (AvgIpc) is 2.84. The Bertz CT molecular complexity index is 400. The van der Waals surface area contributed by atoms with E-state index in [4.69, 9.17) is 5.73 Å². The summed E-state index contributed by atoms with van der Waals surface area (Å²) in [4.78, 5) is 2.52. The highest BCUT2D eigenvalue weighted by Crippen LogP contribution is 2.30. The lowest BCUT2D eigenvalue weighted by Crippen LogP contribution is -2.21. The van der Waals surface area contributed by atoms with Gasteiger partial charge in [-0.25, -0.2) is 0 Å². The number of nitrogens with two attached hydrogens (primary N) is 1. The smallest absolute Gasteiger partial charge is 0.0420 e. The largest absolute Gasteiger partial charge is 0.399 e. The molecule has 0 saturated heterocycles. The fourth-order valence-electron chi connectivity index (χ4n) is 3.13. The number of nitrogens with zero attached hydrogens (tertiary/aromatic N) is 1. The predicted molar refractivity (Wildman–Crippen MR) is 89.4 cm³/mol. The standard InChI is InChI=1S/C18H30N2/c1-2-3-4-5-6-7-8-9-13-20-14-12-16-10-11-17(19)15-18(16)20/h10-11,15H,2-9,12-14,19H2,1H3. The summed E-state index contributed by atoms with van der Waals surface area (Å²) >= 11 is 0. The Hall–Kier alpha value is -1.18. The van der Waals surface area contributed by atoms with Gasteiger partial charge in [0, 0.05) is 24.5 Å². The van der Waals surface area contributed by atoms with Crippen molar-refractivity contribution >= 4 is 11.4 Å². The maximum atomic E-state index is 5.90. The van der Waals surface area contributed by atoms with Gasteiger partial charge in [0.15, 0.2) is 0 Å². The van der Waals surface area contributed by atoms with E-state index in [2.05, 4.69) is 24.0 Å². The molecule has 2 N–H and O–H groups in total. The van der Waals surface area contributed by atoms with Gasteiger partial charge in [0.05, 0.1) is 0 Å². The minimum absolute atomic E-state index is 0.895. The molecule has 0 fully saturated rings. The zero-order valence-corrected chi connectivity index (χ0v) is 13.0. The summed E-state index contributed by atoms with van der Waals surface area (Å²) in [6.07, 6.45) is 12.3. The van der Waals surface area contributed by atoms with Crippen LogP contribution in [0, 0.1) is 0 Å². The molecule has 2 nitrogen and oxygen atoms in total. The highest BCUT2D eigenvalue weighted by Gasteiger charge is 2.18. The number of rotatable bonds is 9. The van der Waals surface area contributed by atoms with Crippen LogP contribution in [0.3, 0.4) is 0 Å². The number of fused-ring (bicyclic) bond motifs is 1. The highest BCUT2D eigenvalue weighted by molar-refractivity contribution is 5.64. The molecule has 1 aromatic carbocycles. The Morgan fingerprint density at radius 3 is 2.45 bits per heavy atom. The van der Waals surface area contributed by atoms with Crippen LogP contribution in [0.25, 0.3) is 0 Å². The van der Waals surface area contributed by atoms with Crippen LogP contribution in [0.15, 0.2) is 18.2 Å². The van der Waals surface area contributed by atoms with Crippen LogP contribution >= 0.6 is 0 Å². The zero-order valence-electron chi connectivity index (χ0n) is 13.0. The van der Waals surface area contributed by atoms with Crippen molar-refractivity contribution < 1.29 is 0 Å². The number of hydrogen-bond donors (Lipinski definition) is 1. The fraction of sp³-hybridized carbons (Fsp3) is 0.667.